The molecule has 1 aliphatic carbocycles. The number of rotatable bonds is 8. The van der Waals surface area contributed by atoms with Crippen LogP contribution in [-0.4, -0.2) is 34.3 Å². The second-order valence-electron chi connectivity index (χ2n) is 10.6. The normalized spacial score (nSPS) is 17.9. The van der Waals surface area contributed by atoms with Crippen molar-refractivity contribution in [2.75, 3.05) is 11.5 Å². The van der Waals surface area contributed by atoms with Crippen LogP contribution in [0, 0.1) is 11.8 Å². The Morgan fingerprint density at radius 1 is 1.05 bits per heavy atom. The van der Waals surface area contributed by atoms with Crippen molar-refractivity contribution < 1.29 is 14.3 Å². The summed E-state index contributed by atoms with van der Waals surface area (Å²) in [6.07, 6.45) is 7.66. The number of nitrogens with zero attached hydrogens (tertiary/aromatic N) is 3. The Hall–Kier alpha value is -3.67. The molecule has 1 amide bonds. The molecule has 0 unspecified atom stereocenters. The van der Waals surface area contributed by atoms with Crippen molar-refractivity contribution in [3.63, 3.8) is 0 Å². The fourth-order valence-corrected chi connectivity index (χ4v) is 5.09. The molecule has 1 aromatic heterocycles. The standard InChI is InChI=1S/C32H39N3O3/c1-6-38-32(37)29-21-34(28-18-14-25(15-19-28)20-24(5)26-10-8-7-9-11-26)33-30(29)35(22(2)3)31(36)27-16-12-23(4)13-17-27/h7-11,14-15,18-23,27H,6,12-13,16-17H2,1-5H3. The van der Waals surface area contributed by atoms with Gasteiger partial charge < -0.3 is 4.74 Å². The van der Waals surface area contributed by atoms with E-state index < -0.39 is 5.97 Å². The van der Waals surface area contributed by atoms with Crippen molar-refractivity contribution in [1.29, 1.82) is 0 Å². The molecule has 1 saturated carbocycles. The van der Waals surface area contributed by atoms with E-state index in [0.29, 0.717) is 17.3 Å². The van der Waals surface area contributed by atoms with Gasteiger partial charge in [0.2, 0.25) is 5.91 Å². The zero-order valence-electron chi connectivity index (χ0n) is 23.2. The maximum absolute atomic E-state index is 13.7. The van der Waals surface area contributed by atoms with Gasteiger partial charge in [-0.1, -0.05) is 55.5 Å². The van der Waals surface area contributed by atoms with E-state index in [1.807, 2.05) is 56.3 Å². The number of hydrogen-bond donors (Lipinski definition) is 0. The average Bonchev–Trinajstić information content (AvgIpc) is 3.35. The Morgan fingerprint density at radius 2 is 1.71 bits per heavy atom. The van der Waals surface area contributed by atoms with E-state index in [-0.39, 0.29) is 24.5 Å². The molecular weight excluding hydrogens is 474 g/mol. The lowest BCUT2D eigenvalue weighted by Gasteiger charge is -2.32. The molecule has 38 heavy (non-hydrogen) atoms. The van der Waals surface area contributed by atoms with Crippen LogP contribution in [0.25, 0.3) is 17.3 Å². The average molecular weight is 514 g/mol. The van der Waals surface area contributed by atoms with Crippen molar-refractivity contribution in [3.05, 3.63) is 77.5 Å². The molecule has 0 bridgehead atoms. The summed E-state index contributed by atoms with van der Waals surface area (Å²) >= 11 is 0. The van der Waals surface area contributed by atoms with Crippen LogP contribution in [-0.2, 0) is 9.53 Å². The van der Waals surface area contributed by atoms with E-state index in [1.165, 1.54) is 11.1 Å². The predicted octanol–water partition coefficient (Wildman–Crippen LogP) is 7.18. The highest BCUT2D eigenvalue weighted by molar-refractivity contribution is 6.02. The van der Waals surface area contributed by atoms with E-state index >= 15 is 0 Å². The lowest BCUT2D eigenvalue weighted by molar-refractivity contribution is -0.124. The van der Waals surface area contributed by atoms with Gasteiger partial charge in [-0.25, -0.2) is 9.48 Å². The van der Waals surface area contributed by atoms with E-state index in [1.54, 1.807) is 22.7 Å². The zero-order chi connectivity index (χ0) is 27.2. The van der Waals surface area contributed by atoms with Crippen LogP contribution in [0.2, 0.25) is 0 Å². The summed E-state index contributed by atoms with van der Waals surface area (Å²) in [5, 5.41) is 4.78. The summed E-state index contributed by atoms with van der Waals surface area (Å²) in [4.78, 5) is 28.4. The third-order valence-electron chi connectivity index (χ3n) is 7.31. The Bertz CT molecular complexity index is 1270. The summed E-state index contributed by atoms with van der Waals surface area (Å²) in [6, 6.07) is 18.1. The van der Waals surface area contributed by atoms with Crippen LogP contribution in [0.3, 0.4) is 0 Å². The first-order valence-electron chi connectivity index (χ1n) is 13.7. The molecule has 0 aliphatic heterocycles. The molecule has 6 nitrogen and oxygen atoms in total. The van der Waals surface area contributed by atoms with Crippen LogP contribution in [0.5, 0.6) is 0 Å². The number of ether oxygens (including phenoxy) is 1. The molecule has 0 atom stereocenters. The van der Waals surface area contributed by atoms with Crippen molar-refractivity contribution in [3.8, 4) is 5.69 Å². The smallest absolute Gasteiger partial charge is 0.343 e. The highest BCUT2D eigenvalue weighted by Gasteiger charge is 2.34. The Kier molecular flexibility index (Phi) is 8.82. The monoisotopic (exact) mass is 513 g/mol. The number of amides is 1. The summed E-state index contributed by atoms with van der Waals surface area (Å²) in [6.45, 7) is 10.3. The molecular formula is C32H39N3O3. The fraction of sp³-hybridized carbons (Fsp3) is 0.406. The molecule has 6 heteroatoms. The summed E-state index contributed by atoms with van der Waals surface area (Å²) in [5.74, 6) is 0.538. The minimum absolute atomic E-state index is 0.0413. The second-order valence-corrected chi connectivity index (χ2v) is 10.6. The third-order valence-corrected chi connectivity index (χ3v) is 7.31. The first kappa shape index (κ1) is 27.4. The molecule has 0 spiro atoms. The zero-order valence-corrected chi connectivity index (χ0v) is 23.2. The molecule has 4 rings (SSSR count). The maximum Gasteiger partial charge on any atom is 0.343 e. The number of carbonyl (C=O) groups is 2. The van der Waals surface area contributed by atoms with Gasteiger partial charge in [0, 0.05) is 18.2 Å². The largest absolute Gasteiger partial charge is 0.462 e. The lowest BCUT2D eigenvalue weighted by atomic mass is 9.82. The lowest BCUT2D eigenvalue weighted by Crippen LogP contribution is -2.43. The molecule has 0 radical (unpaired) electrons. The summed E-state index contributed by atoms with van der Waals surface area (Å²) < 4.78 is 7.03. The van der Waals surface area contributed by atoms with E-state index in [0.717, 1.165) is 36.9 Å². The quantitative estimate of drug-likeness (QED) is 0.236. The van der Waals surface area contributed by atoms with E-state index in [4.69, 9.17) is 9.84 Å². The molecule has 3 aromatic rings. The predicted molar refractivity (Wildman–Crippen MR) is 153 cm³/mol. The number of benzene rings is 2. The van der Waals surface area contributed by atoms with Gasteiger partial charge in [-0.3, -0.25) is 9.69 Å². The van der Waals surface area contributed by atoms with Gasteiger partial charge in [0.15, 0.2) is 5.82 Å². The van der Waals surface area contributed by atoms with Gasteiger partial charge in [0.25, 0.3) is 0 Å². The van der Waals surface area contributed by atoms with Crippen molar-refractivity contribution in [2.24, 2.45) is 11.8 Å². The van der Waals surface area contributed by atoms with Gasteiger partial charge in [-0.05, 0) is 88.1 Å². The highest BCUT2D eigenvalue weighted by Crippen LogP contribution is 2.33. The molecule has 0 saturated heterocycles. The van der Waals surface area contributed by atoms with Gasteiger partial charge in [0.1, 0.15) is 5.56 Å². The first-order valence-corrected chi connectivity index (χ1v) is 13.7. The minimum atomic E-state index is -0.470. The molecule has 1 aliphatic rings. The summed E-state index contributed by atoms with van der Waals surface area (Å²) in [5.41, 5.74) is 4.53. The van der Waals surface area contributed by atoms with Crippen molar-refractivity contribution in [1.82, 2.24) is 9.78 Å². The van der Waals surface area contributed by atoms with Gasteiger partial charge >= 0.3 is 5.97 Å². The second kappa shape index (κ2) is 12.2. The van der Waals surface area contributed by atoms with E-state index in [2.05, 4.69) is 32.1 Å². The third kappa shape index (κ3) is 6.24. The van der Waals surface area contributed by atoms with Gasteiger partial charge in [-0.15, -0.1) is 5.10 Å². The maximum atomic E-state index is 13.7. The van der Waals surface area contributed by atoms with Crippen molar-refractivity contribution in [2.45, 2.75) is 66.3 Å². The molecule has 1 heterocycles. The Balaban J connectivity index is 1.66. The van der Waals surface area contributed by atoms with Crippen molar-refractivity contribution >= 4 is 29.3 Å². The molecule has 1 fully saturated rings. The number of allylic oxidation sites excluding steroid dienone is 1. The van der Waals surface area contributed by atoms with E-state index in [9.17, 15) is 9.59 Å². The molecule has 0 N–H and O–H groups in total. The minimum Gasteiger partial charge on any atom is -0.462 e. The topological polar surface area (TPSA) is 64.4 Å². The van der Waals surface area contributed by atoms with Crippen LogP contribution in [0.1, 0.15) is 81.8 Å². The highest BCUT2D eigenvalue weighted by atomic mass is 16.5. The van der Waals surface area contributed by atoms with Crippen LogP contribution in [0.15, 0.2) is 60.8 Å². The van der Waals surface area contributed by atoms with Gasteiger partial charge in [0.05, 0.1) is 12.3 Å². The molecule has 2 aromatic carbocycles. The number of carbonyl (C=O) groups excluding carboxylic acids is 2. The van der Waals surface area contributed by atoms with Gasteiger partial charge in [-0.2, -0.15) is 0 Å². The van der Waals surface area contributed by atoms with Crippen LogP contribution in [0.4, 0.5) is 5.82 Å². The number of hydrogen-bond acceptors (Lipinski definition) is 4. The Labute approximate surface area is 226 Å². The number of aromatic nitrogens is 2. The fourth-order valence-electron chi connectivity index (χ4n) is 5.09. The van der Waals surface area contributed by atoms with Crippen LogP contribution < -0.4 is 4.90 Å². The Morgan fingerprint density at radius 3 is 2.32 bits per heavy atom. The number of esters is 1. The number of anilines is 1. The SMILES string of the molecule is CCOC(=O)c1cn(-c2ccc(C=C(C)c3ccccc3)cc2)nc1N(C(=O)C1CCC(C)CC1)C(C)C. The first-order chi connectivity index (χ1) is 18.3. The van der Waals surface area contributed by atoms with Crippen LogP contribution >= 0.6 is 0 Å². The molecule has 200 valence electrons. The summed E-state index contributed by atoms with van der Waals surface area (Å²) in [7, 11) is 0.